The van der Waals surface area contributed by atoms with Crippen molar-refractivity contribution in [1.82, 2.24) is 0 Å². The van der Waals surface area contributed by atoms with Gasteiger partial charge in [0.05, 0.1) is 7.11 Å². The molecule has 0 atom stereocenters. The molecule has 0 spiro atoms. The van der Waals surface area contributed by atoms with E-state index in [9.17, 15) is 0 Å². The van der Waals surface area contributed by atoms with Gasteiger partial charge < -0.3 is 10.5 Å². The first-order chi connectivity index (χ1) is 8.86. The number of hydrogen-bond donors (Lipinski definition) is 1. The number of rotatable bonds is 5. The normalized spacial score (nSPS) is 17.1. The summed E-state index contributed by atoms with van der Waals surface area (Å²) in [5.41, 5.74) is 10.3. The Bertz CT molecular complexity index is 429. The van der Waals surface area contributed by atoms with E-state index in [2.05, 4.69) is 39.8 Å². The number of methoxy groups -OCH3 is 1. The van der Waals surface area contributed by atoms with Crippen molar-refractivity contribution in [3.8, 4) is 5.75 Å². The van der Waals surface area contributed by atoms with E-state index >= 15 is 0 Å². The molecule has 2 heteroatoms. The van der Waals surface area contributed by atoms with Gasteiger partial charge in [0.2, 0.25) is 0 Å². The van der Waals surface area contributed by atoms with Crippen molar-refractivity contribution in [2.45, 2.75) is 64.3 Å². The molecule has 0 unspecified atom stereocenters. The third-order valence-electron chi connectivity index (χ3n) is 4.10. The first-order valence-corrected chi connectivity index (χ1v) is 7.36. The van der Waals surface area contributed by atoms with Crippen molar-refractivity contribution < 1.29 is 4.74 Å². The maximum Gasteiger partial charge on any atom is 0.125 e. The first kappa shape index (κ1) is 14.4. The summed E-state index contributed by atoms with van der Waals surface area (Å²) in [6, 6.07) is 4.59. The molecule has 19 heavy (non-hydrogen) atoms. The molecule has 1 aromatic rings. The topological polar surface area (TPSA) is 35.2 Å². The zero-order chi connectivity index (χ0) is 14.2. The third-order valence-corrected chi connectivity index (χ3v) is 4.10. The Labute approximate surface area is 117 Å². The minimum atomic E-state index is 0.0666. The third kappa shape index (κ3) is 3.11. The van der Waals surface area contributed by atoms with Gasteiger partial charge in [0.25, 0.3) is 0 Å². The number of nitrogens with two attached hydrogens (primary N) is 1. The molecule has 1 fully saturated rings. The lowest BCUT2D eigenvalue weighted by Gasteiger charge is -2.21. The summed E-state index contributed by atoms with van der Waals surface area (Å²) < 4.78 is 5.67. The molecular weight excluding hydrogens is 234 g/mol. The standard InChI is InChI=1S/C17H27NO/c1-11(2)14-8-13(10-17(18)6-7-17)9-15(12(3)4)16(14)19-5/h8-9,11-12H,6-7,10,18H2,1-5H3. The Morgan fingerprint density at radius 3 is 1.89 bits per heavy atom. The molecule has 106 valence electrons. The van der Waals surface area contributed by atoms with Crippen LogP contribution in [-0.2, 0) is 6.42 Å². The van der Waals surface area contributed by atoms with Gasteiger partial charge in [-0.15, -0.1) is 0 Å². The second kappa shape index (κ2) is 5.16. The predicted molar refractivity (Wildman–Crippen MR) is 81.0 cm³/mol. The lowest BCUT2D eigenvalue weighted by molar-refractivity contribution is 0.400. The zero-order valence-electron chi connectivity index (χ0n) is 12.9. The highest BCUT2D eigenvalue weighted by atomic mass is 16.5. The molecule has 0 aliphatic heterocycles. The van der Waals surface area contributed by atoms with E-state index in [1.54, 1.807) is 7.11 Å². The van der Waals surface area contributed by atoms with Crippen molar-refractivity contribution >= 4 is 0 Å². The highest BCUT2D eigenvalue weighted by Gasteiger charge is 2.38. The van der Waals surface area contributed by atoms with Gasteiger partial charge in [0, 0.05) is 5.54 Å². The van der Waals surface area contributed by atoms with Crippen LogP contribution in [0.3, 0.4) is 0 Å². The summed E-state index contributed by atoms with van der Waals surface area (Å²) >= 11 is 0. The zero-order valence-corrected chi connectivity index (χ0v) is 12.9. The van der Waals surface area contributed by atoms with Crippen molar-refractivity contribution in [3.63, 3.8) is 0 Å². The minimum Gasteiger partial charge on any atom is -0.496 e. The molecule has 0 heterocycles. The molecule has 2 rings (SSSR count). The molecule has 1 saturated carbocycles. The van der Waals surface area contributed by atoms with E-state index in [0.717, 1.165) is 25.0 Å². The quantitative estimate of drug-likeness (QED) is 0.870. The fraction of sp³-hybridized carbons (Fsp3) is 0.647. The number of benzene rings is 1. The average molecular weight is 261 g/mol. The lowest BCUT2D eigenvalue weighted by atomic mass is 9.89. The van der Waals surface area contributed by atoms with Crippen molar-refractivity contribution in [2.75, 3.05) is 7.11 Å². The van der Waals surface area contributed by atoms with Crippen molar-refractivity contribution in [3.05, 3.63) is 28.8 Å². The van der Waals surface area contributed by atoms with E-state index in [0.29, 0.717) is 11.8 Å². The summed E-state index contributed by atoms with van der Waals surface area (Å²) in [6.45, 7) is 8.89. The summed E-state index contributed by atoms with van der Waals surface area (Å²) in [7, 11) is 1.78. The molecule has 1 aliphatic carbocycles. The Balaban J connectivity index is 2.45. The second-order valence-electron chi connectivity index (χ2n) is 6.66. The largest absolute Gasteiger partial charge is 0.496 e. The smallest absolute Gasteiger partial charge is 0.125 e. The van der Waals surface area contributed by atoms with Crippen LogP contribution in [0.4, 0.5) is 0 Å². The van der Waals surface area contributed by atoms with Crippen LogP contribution < -0.4 is 10.5 Å². The SMILES string of the molecule is COc1c(C(C)C)cc(CC2(N)CC2)cc1C(C)C. The van der Waals surface area contributed by atoms with Crippen LogP contribution >= 0.6 is 0 Å². The molecular formula is C17H27NO. The molecule has 2 N–H and O–H groups in total. The summed E-state index contributed by atoms with van der Waals surface area (Å²) in [4.78, 5) is 0. The van der Waals surface area contributed by atoms with E-state index in [4.69, 9.17) is 10.5 Å². The average Bonchev–Trinajstić information content (AvgIpc) is 3.05. The van der Waals surface area contributed by atoms with Gasteiger partial charge in [-0.1, -0.05) is 39.8 Å². The maximum absolute atomic E-state index is 6.27. The fourth-order valence-electron chi connectivity index (χ4n) is 2.68. The van der Waals surface area contributed by atoms with E-state index in [-0.39, 0.29) is 5.54 Å². The van der Waals surface area contributed by atoms with Gasteiger partial charge in [0.15, 0.2) is 0 Å². The van der Waals surface area contributed by atoms with Crippen LogP contribution in [0, 0.1) is 0 Å². The molecule has 2 nitrogen and oxygen atoms in total. The summed E-state index contributed by atoms with van der Waals surface area (Å²) in [6.07, 6.45) is 3.32. The highest BCUT2D eigenvalue weighted by Crippen LogP contribution is 2.40. The Hall–Kier alpha value is -1.02. The van der Waals surface area contributed by atoms with Crippen LogP contribution in [0.1, 0.15) is 69.1 Å². The Morgan fingerprint density at radius 2 is 1.58 bits per heavy atom. The minimum absolute atomic E-state index is 0.0666. The lowest BCUT2D eigenvalue weighted by Crippen LogP contribution is -2.24. The van der Waals surface area contributed by atoms with E-state index in [1.807, 2.05) is 0 Å². The number of hydrogen-bond acceptors (Lipinski definition) is 2. The molecule has 0 saturated heterocycles. The van der Waals surface area contributed by atoms with Gasteiger partial charge in [-0.25, -0.2) is 0 Å². The van der Waals surface area contributed by atoms with Crippen LogP contribution in [0.5, 0.6) is 5.75 Å². The van der Waals surface area contributed by atoms with E-state index < -0.39 is 0 Å². The molecule has 1 aliphatic rings. The van der Waals surface area contributed by atoms with Gasteiger partial charge in [-0.2, -0.15) is 0 Å². The monoisotopic (exact) mass is 261 g/mol. The maximum atomic E-state index is 6.27. The van der Waals surface area contributed by atoms with E-state index in [1.165, 1.54) is 16.7 Å². The molecule has 0 bridgehead atoms. The number of ether oxygens (including phenoxy) is 1. The van der Waals surface area contributed by atoms with Gasteiger partial charge in [-0.3, -0.25) is 0 Å². The molecule has 0 aromatic heterocycles. The van der Waals surface area contributed by atoms with Crippen LogP contribution in [0.25, 0.3) is 0 Å². The van der Waals surface area contributed by atoms with Crippen molar-refractivity contribution in [2.24, 2.45) is 5.73 Å². The van der Waals surface area contributed by atoms with Gasteiger partial charge in [-0.05, 0) is 47.8 Å². The fourth-order valence-corrected chi connectivity index (χ4v) is 2.68. The highest BCUT2D eigenvalue weighted by molar-refractivity contribution is 5.48. The Kier molecular flexibility index (Phi) is 3.91. The molecule has 1 aromatic carbocycles. The van der Waals surface area contributed by atoms with Crippen LogP contribution in [0.2, 0.25) is 0 Å². The predicted octanol–water partition coefficient (Wildman–Crippen LogP) is 3.98. The van der Waals surface area contributed by atoms with Gasteiger partial charge >= 0.3 is 0 Å². The first-order valence-electron chi connectivity index (χ1n) is 7.36. The molecule has 0 radical (unpaired) electrons. The van der Waals surface area contributed by atoms with Crippen LogP contribution in [0.15, 0.2) is 12.1 Å². The summed E-state index contributed by atoms with van der Waals surface area (Å²) in [5.74, 6) is 2.01. The van der Waals surface area contributed by atoms with Crippen LogP contribution in [-0.4, -0.2) is 12.6 Å². The second-order valence-corrected chi connectivity index (χ2v) is 6.66. The summed E-state index contributed by atoms with van der Waals surface area (Å²) in [5, 5.41) is 0. The molecule has 0 amide bonds. The van der Waals surface area contributed by atoms with Gasteiger partial charge in [0.1, 0.15) is 5.75 Å². The Morgan fingerprint density at radius 1 is 1.11 bits per heavy atom. The van der Waals surface area contributed by atoms with Crippen molar-refractivity contribution in [1.29, 1.82) is 0 Å².